The molecule has 0 aliphatic heterocycles. The van der Waals surface area contributed by atoms with Crippen molar-refractivity contribution in [2.75, 3.05) is 20.7 Å². The molecule has 21 heavy (non-hydrogen) atoms. The van der Waals surface area contributed by atoms with Gasteiger partial charge in [0.05, 0.1) is 11.6 Å². The second-order valence-corrected chi connectivity index (χ2v) is 7.90. The zero-order valence-electron chi connectivity index (χ0n) is 12.0. The smallest absolute Gasteiger partial charge is 0.265 e. The molecule has 0 radical (unpaired) electrons. The SMILES string of the molecule is CCCCN(C)C(=O)c1cc(Br)c(OC)c(S(=O)(=O)Cl)c1. The van der Waals surface area contributed by atoms with Gasteiger partial charge < -0.3 is 9.64 Å². The first kappa shape index (κ1) is 18.3. The molecule has 1 aromatic carbocycles. The van der Waals surface area contributed by atoms with E-state index < -0.39 is 9.05 Å². The van der Waals surface area contributed by atoms with E-state index in [9.17, 15) is 13.2 Å². The lowest BCUT2D eigenvalue weighted by Crippen LogP contribution is -2.27. The van der Waals surface area contributed by atoms with Gasteiger partial charge in [-0.1, -0.05) is 13.3 Å². The van der Waals surface area contributed by atoms with E-state index in [1.165, 1.54) is 19.2 Å². The second-order valence-electron chi connectivity index (χ2n) is 4.51. The minimum absolute atomic E-state index is 0.0813. The summed E-state index contributed by atoms with van der Waals surface area (Å²) >= 11 is 3.20. The standard InChI is InChI=1S/C13H17BrClNO4S/c1-4-5-6-16(2)13(17)9-7-10(14)12(20-3)11(8-9)21(15,18)19/h7-8H,4-6H2,1-3H3. The molecule has 0 heterocycles. The Balaban J connectivity index is 3.27. The van der Waals surface area contributed by atoms with Gasteiger partial charge in [-0.2, -0.15) is 0 Å². The van der Waals surface area contributed by atoms with Crippen molar-refractivity contribution in [2.24, 2.45) is 0 Å². The summed E-state index contributed by atoms with van der Waals surface area (Å²) in [6.07, 6.45) is 1.84. The summed E-state index contributed by atoms with van der Waals surface area (Å²) in [6.45, 7) is 2.63. The Morgan fingerprint density at radius 3 is 2.52 bits per heavy atom. The summed E-state index contributed by atoms with van der Waals surface area (Å²) < 4.78 is 28.6. The number of carbonyl (C=O) groups excluding carboxylic acids is 1. The highest BCUT2D eigenvalue weighted by Gasteiger charge is 2.23. The van der Waals surface area contributed by atoms with Crippen LogP contribution in [0.15, 0.2) is 21.5 Å². The number of ether oxygens (including phenoxy) is 1. The van der Waals surface area contributed by atoms with E-state index in [0.717, 1.165) is 12.8 Å². The number of hydrogen-bond donors (Lipinski definition) is 0. The van der Waals surface area contributed by atoms with Crippen molar-refractivity contribution in [1.29, 1.82) is 0 Å². The van der Waals surface area contributed by atoms with E-state index in [1.807, 2.05) is 6.92 Å². The van der Waals surface area contributed by atoms with Crippen molar-refractivity contribution in [3.63, 3.8) is 0 Å². The van der Waals surface area contributed by atoms with Gasteiger partial charge in [0, 0.05) is 29.8 Å². The van der Waals surface area contributed by atoms with Crippen LogP contribution in [0.1, 0.15) is 30.1 Å². The van der Waals surface area contributed by atoms with Gasteiger partial charge in [-0.25, -0.2) is 8.42 Å². The number of benzene rings is 1. The van der Waals surface area contributed by atoms with Crippen LogP contribution in [0, 0.1) is 0 Å². The maximum atomic E-state index is 12.3. The predicted octanol–water partition coefficient (Wildman–Crippen LogP) is 3.26. The average Bonchev–Trinajstić information content (AvgIpc) is 2.41. The molecule has 0 atom stereocenters. The quantitative estimate of drug-likeness (QED) is 0.690. The van der Waals surface area contributed by atoms with Gasteiger partial charge in [0.1, 0.15) is 4.90 Å². The van der Waals surface area contributed by atoms with Crippen LogP contribution in [0.3, 0.4) is 0 Å². The summed E-state index contributed by atoms with van der Waals surface area (Å²) in [5, 5.41) is 0. The molecule has 0 saturated carbocycles. The number of hydrogen-bond acceptors (Lipinski definition) is 4. The Morgan fingerprint density at radius 2 is 2.05 bits per heavy atom. The third kappa shape index (κ3) is 4.59. The van der Waals surface area contributed by atoms with E-state index >= 15 is 0 Å². The topological polar surface area (TPSA) is 63.7 Å². The Bertz CT molecular complexity index is 633. The minimum Gasteiger partial charge on any atom is -0.494 e. The normalized spacial score (nSPS) is 11.3. The monoisotopic (exact) mass is 397 g/mol. The molecule has 0 spiro atoms. The lowest BCUT2D eigenvalue weighted by Gasteiger charge is -2.18. The van der Waals surface area contributed by atoms with Gasteiger partial charge in [0.2, 0.25) is 0 Å². The predicted molar refractivity (Wildman–Crippen MR) is 85.6 cm³/mol. The van der Waals surface area contributed by atoms with Crippen molar-refractivity contribution in [1.82, 2.24) is 4.90 Å². The maximum absolute atomic E-state index is 12.3. The first-order chi connectivity index (χ1) is 9.72. The van der Waals surface area contributed by atoms with Crippen LogP contribution in [-0.4, -0.2) is 39.9 Å². The van der Waals surface area contributed by atoms with Crippen LogP contribution in [0.5, 0.6) is 5.75 Å². The fraction of sp³-hybridized carbons (Fsp3) is 0.462. The van der Waals surface area contributed by atoms with Crippen molar-refractivity contribution in [3.8, 4) is 5.75 Å². The van der Waals surface area contributed by atoms with E-state index in [4.69, 9.17) is 15.4 Å². The second kappa shape index (κ2) is 7.47. The number of rotatable bonds is 6. The van der Waals surface area contributed by atoms with E-state index in [0.29, 0.717) is 11.0 Å². The van der Waals surface area contributed by atoms with Crippen LogP contribution >= 0.6 is 26.6 Å². The molecule has 0 aliphatic rings. The number of methoxy groups -OCH3 is 1. The number of nitrogens with zero attached hydrogens (tertiary/aromatic N) is 1. The Labute approximate surface area is 137 Å². The van der Waals surface area contributed by atoms with E-state index in [1.54, 1.807) is 11.9 Å². The molecule has 0 N–H and O–H groups in total. The summed E-state index contributed by atoms with van der Waals surface area (Å²) in [6, 6.07) is 2.76. The Hall–Kier alpha value is -0.790. The zero-order chi connectivity index (χ0) is 16.2. The maximum Gasteiger partial charge on any atom is 0.265 e. The van der Waals surface area contributed by atoms with Crippen LogP contribution < -0.4 is 4.74 Å². The number of halogens is 2. The molecular weight excluding hydrogens is 382 g/mol. The highest BCUT2D eigenvalue weighted by Crippen LogP contribution is 2.35. The van der Waals surface area contributed by atoms with Crippen LogP contribution in [0.4, 0.5) is 0 Å². The van der Waals surface area contributed by atoms with Crippen LogP contribution in [-0.2, 0) is 9.05 Å². The molecule has 0 unspecified atom stereocenters. The van der Waals surface area contributed by atoms with Gasteiger partial charge in [-0.15, -0.1) is 0 Å². The summed E-state index contributed by atoms with van der Waals surface area (Å²) in [5.74, 6) is -0.189. The van der Waals surface area contributed by atoms with Gasteiger partial charge in [0.15, 0.2) is 5.75 Å². The molecule has 118 valence electrons. The zero-order valence-corrected chi connectivity index (χ0v) is 15.2. The van der Waals surface area contributed by atoms with E-state index in [2.05, 4.69) is 15.9 Å². The van der Waals surface area contributed by atoms with Gasteiger partial charge >= 0.3 is 0 Å². The van der Waals surface area contributed by atoms with Crippen LogP contribution in [0.25, 0.3) is 0 Å². The van der Waals surface area contributed by atoms with Gasteiger partial charge in [0.25, 0.3) is 15.0 Å². The molecule has 0 aromatic heterocycles. The first-order valence-electron chi connectivity index (χ1n) is 6.30. The average molecular weight is 399 g/mol. The molecule has 0 bridgehead atoms. The molecule has 0 aliphatic carbocycles. The molecule has 1 amide bonds. The van der Waals surface area contributed by atoms with E-state index in [-0.39, 0.29) is 22.1 Å². The molecular formula is C13H17BrClNO4S. The van der Waals surface area contributed by atoms with Gasteiger partial charge in [-0.3, -0.25) is 4.79 Å². The molecule has 0 fully saturated rings. The molecule has 1 rings (SSSR count). The minimum atomic E-state index is -4.02. The Kier molecular flexibility index (Phi) is 6.49. The summed E-state index contributed by atoms with van der Waals surface area (Å²) in [5.41, 5.74) is 0.237. The number of unbranched alkanes of at least 4 members (excludes halogenated alkanes) is 1. The third-order valence-electron chi connectivity index (χ3n) is 2.92. The fourth-order valence-corrected chi connectivity index (χ4v) is 3.57. The largest absolute Gasteiger partial charge is 0.494 e. The van der Waals surface area contributed by atoms with Crippen molar-refractivity contribution in [2.45, 2.75) is 24.7 Å². The molecule has 5 nitrogen and oxygen atoms in total. The first-order valence-corrected chi connectivity index (χ1v) is 9.40. The fourth-order valence-electron chi connectivity index (χ4n) is 1.79. The van der Waals surface area contributed by atoms with Gasteiger partial charge in [-0.05, 0) is 34.5 Å². The van der Waals surface area contributed by atoms with Crippen molar-refractivity contribution in [3.05, 3.63) is 22.2 Å². The summed E-state index contributed by atoms with van der Waals surface area (Å²) in [4.78, 5) is 13.6. The Morgan fingerprint density at radius 1 is 1.43 bits per heavy atom. The molecule has 0 saturated heterocycles. The third-order valence-corrected chi connectivity index (χ3v) is 4.83. The lowest BCUT2D eigenvalue weighted by atomic mass is 10.2. The van der Waals surface area contributed by atoms with Crippen LogP contribution in [0.2, 0.25) is 0 Å². The van der Waals surface area contributed by atoms with Crippen molar-refractivity contribution >= 4 is 41.6 Å². The lowest BCUT2D eigenvalue weighted by molar-refractivity contribution is 0.0793. The molecule has 1 aromatic rings. The summed E-state index contributed by atoms with van der Waals surface area (Å²) in [7, 11) is 4.39. The van der Waals surface area contributed by atoms with Crippen molar-refractivity contribution < 1.29 is 17.9 Å². The number of amides is 1. The molecule has 8 heteroatoms. The highest BCUT2D eigenvalue weighted by atomic mass is 79.9. The number of carbonyl (C=O) groups is 1. The highest BCUT2D eigenvalue weighted by molar-refractivity contribution is 9.10.